The Bertz CT molecular complexity index is 857. The lowest BCUT2D eigenvalue weighted by Gasteiger charge is -2.21. The van der Waals surface area contributed by atoms with Crippen LogP contribution in [0.5, 0.6) is 11.5 Å². The van der Waals surface area contributed by atoms with Crippen molar-refractivity contribution in [2.75, 3.05) is 5.32 Å². The molecule has 0 aromatic heterocycles. The molecule has 0 atom stereocenters. The molecule has 2 aromatic rings. The number of anilines is 1. The maximum Gasteiger partial charge on any atom is 0.417 e. The van der Waals surface area contributed by atoms with Crippen LogP contribution >= 0.6 is 0 Å². The van der Waals surface area contributed by atoms with Crippen molar-refractivity contribution in [1.29, 1.82) is 0 Å². The van der Waals surface area contributed by atoms with Crippen LogP contribution in [-0.4, -0.2) is 11.7 Å². The fourth-order valence-corrected chi connectivity index (χ4v) is 3.42. The molecular weight excluding hydrogens is 347 g/mol. The highest BCUT2D eigenvalue weighted by atomic mass is 19.4. The van der Waals surface area contributed by atoms with E-state index in [2.05, 4.69) is 5.32 Å². The first-order chi connectivity index (χ1) is 12.4. The second-order valence-electron chi connectivity index (χ2n) is 6.48. The number of benzene rings is 2. The molecule has 1 saturated carbocycles. The third-order valence-corrected chi connectivity index (χ3v) is 4.64. The van der Waals surface area contributed by atoms with Crippen molar-refractivity contribution in [2.24, 2.45) is 0 Å². The van der Waals surface area contributed by atoms with Crippen LogP contribution in [-0.2, 0) is 6.18 Å². The van der Waals surface area contributed by atoms with Gasteiger partial charge in [-0.1, -0.05) is 12.1 Å². The van der Waals surface area contributed by atoms with E-state index in [9.17, 15) is 18.0 Å². The summed E-state index contributed by atoms with van der Waals surface area (Å²) in [7, 11) is 0. The summed E-state index contributed by atoms with van der Waals surface area (Å²) in [6, 6.07) is 9.51. The van der Waals surface area contributed by atoms with E-state index >= 15 is 0 Å². The number of carbonyl (C=O) groups excluding carboxylic acids is 1. The van der Waals surface area contributed by atoms with E-state index in [1.807, 2.05) is 0 Å². The Kier molecular flexibility index (Phi) is 3.82. The molecule has 1 amide bonds. The first kappa shape index (κ1) is 16.8. The number of hydrogen-bond acceptors (Lipinski definition) is 3. The average Bonchev–Trinajstić information content (AvgIpc) is 3.20. The summed E-state index contributed by atoms with van der Waals surface area (Å²) in [6.45, 7) is 0. The molecule has 1 N–H and O–H groups in total. The predicted octanol–water partition coefficient (Wildman–Crippen LogP) is 5.00. The van der Waals surface area contributed by atoms with Gasteiger partial charge in [0.1, 0.15) is 0 Å². The van der Waals surface area contributed by atoms with Crippen LogP contribution in [0.2, 0.25) is 0 Å². The topological polar surface area (TPSA) is 47.6 Å². The van der Waals surface area contributed by atoms with E-state index in [-0.39, 0.29) is 0 Å². The fourth-order valence-electron chi connectivity index (χ4n) is 3.42. The third-order valence-electron chi connectivity index (χ3n) is 4.64. The van der Waals surface area contributed by atoms with Crippen LogP contribution in [0, 0.1) is 0 Å². The predicted molar refractivity (Wildman–Crippen MR) is 88.3 cm³/mol. The maximum atomic E-state index is 13.1. The molecule has 26 heavy (non-hydrogen) atoms. The van der Waals surface area contributed by atoms with Gasteiger partial charge in [0.05, 0.1) is 11.1 Å². The van der Waals surface area contributed by atoms with Gasteiger partial charge >= 0.3 is 6.18 Å². The molecule has 2 aliphatic rings. The van der Waals surface area contributed by atoms with Crippen molar-refractivity contribution in [1.82, 2.24) is 0 Å². The molecule has 2 aromatic carbocycles. The lowest BCUT2D eigenvalue weighted by Crippen LogP contribution is -2.34. The van der Waals surface area contributed by atoms with E-state index in [0.717, 1.165) is 37.8 Å². The largest absolute Gasteiger partial charge is 0.448 e. The lowest BCUT2D eigenvalue weighted by molar-refractivity contribution is -0.137. The highest BCUT2D eigenvalue weighted by Gasteiger charge is 2.44. The molecule has 0 saturated heterocycles. The van der Waals surface area contributed by atoms with Crippen LogP contribution < -0.4 is 14.8 Å². The number of halogens is 3. The molecule has 0 bridgehead atoms. The Morgan fingerprint density at radius 2 is 1.69 bits per heavy atom. The minimum absolute atomic E-state index is 0.351. The number of alkyl halides is 3. The van der Waals surface area contributed by atoms with E-state index < -0.39 is 29.0 Å². The van der Waals surface area contributed by atoms with Gasteiger partial charge in [-0.05, 0) is 37.1 Å². The zero-order valence-corrected chi connectivity index (χ0v) is 13.7. The summed E-state index contributed by atoms with van der Waals surface area (Å²) in [5.41, 5.74) is -1.04. The molecule has 1 spiro atoms. The lowest BCUT2D eigenvalue weighted by atomic mass is 10.1. The summed E-state index contributed by atoms with van der Waals surface area (Å²) < 4.78 is 51.0. The van der Waals surface area contributed by atoms with Gasteiger partial charge < -0.3 is 14.8 Å². The summed E-state index contributed by atoms with van der Waals surface area (Å²) >= 11 is 0. The Morgan fingerprint density at radius 3 is 2.42 bits per heavy atom. The smallest absolute Gasteiger partial charge is 0.417 e. The van der Waals surface area contributed by atoms with Crippen LogP contribution in [0.4, 0.5) is 18.9 Å². The van der Waals surface area contributed by atoms with Crippen molar-refractivity contribution < 1.29 is 27.4 Å². The maximum absolute atomic E-state index is 13.1. The first-order valence-electron chi connectivity index (χ1n) is 8.36. The number of hydrogen-bond donors (Lipinski definition) is 1. The molecule has 1 fully saturated rings. The molecule has 0 unspecified atom stereocenters. The van der Waals surface area contributed by atoms with E-state index in [4.69, 9.17) is 9.47 Å². The van der Waals surface area contributed by atoms with Gasteiger partial charge in [0.25, 0.3) is 11.7 Å². The second kappa shape index (κ2) is 5.93. The van der Waals surface area contributed by atoms with Crippen molar-refractivity contribution in [3.63, 3.8) is 0 Å². The number of fused-ring (bicyclic) bond motifs is 1. The molecule has 7 heteroatoms. The SMILES string of the molecule is O=C(Nc1ccc2c(c1)OC1(CCCC1)O2)c1ccccc1C(F)(F)F. The van der Waals surface area contributed by atoms with Gasteiger partial charge in [0, 0.05) is 24.6 Å². The number of rotatable bonds is 2. The normalized spacial score (nSPS) is 17.5. The first-order valence-corrected chi connectivity index (χ1v) is 8.36. The summed E-state index contributed by atoms with van der Waals surface area (Å²) in [5.74, 6) is -0.379. The number of amides is 1. The monoisotopic (exact) mass is 363 g/mol. The van der Waals surface area contributed by atoms with Crippen molar-refractivity contribution in [3.8, 4) is 11.5 Å². The fraction of sp³-hybridized carbons (Fsp3) is 0.316. The van der Waals surface area contributed by atoms with E-state index in [0.29, 0.717) is 17.2 Å². The van der Waals surface area contributed by atoms with Gasteiger partial charge in [-0.3, -0.25) is 4.79 Å². The Hall–Kier alpha value is -2.70. The molecule has 4 nitrogen and oxygen atoms in total. The number of carbonyl (C=O) groups is 1. The van der Waals surface area contributed by atoms with Gasteiger partial charge in [-0.2, -0.15) is 13.2 Å². The second-order valence-corrected chi connectivity index (χ2v) is 6.48. The number of nitrogens with one attached hydrogen (secondary N) is 1. The van der Waals surface area contributed by atoms with Crippen LogP contribution in [0.1, 0.15) is 41.6 Å². The average molecular weight is 363 g/mol. The zero-order chi connectivity index (χ0) is 18.4. The van der Waals surface area contributed by atoms with Gasteiger partial charge in [-0.25, -0.2) is 0 Å². The van der Waals surface area contributed by atoms with Crippen molar-refractivity contribution in [3.05, 3.63) is 53.6 Å². The van der Waals surface area contributed by atoms with Crippen molar-refractivity contribution in [2.45, 2.75) is 37.6 Å². The van der Waals surface area contributed by atoms with Gasteiger partial charge in [0.2, 0.25) is 0 Å². The standard InChI is InChI=1S/C19H16F3NO3/c20-19(21,22)14-6-2-1-5-13(14)17(24)23-12-7-8-15-16(11-12)26-18(25-15)9-3-4-10-18/h1-2,5-8,11H,3-4,9-10H2,(H,23,24). The van der Waals surface area contributed by atoms with E-state index in [1.165, 1.54) is 12.1 Å². The third kappa shape index (κ3) is 2.98. The van der Waals surface area contributed by atoms with Crippen LogP contribution in [0.3, 0.4) is 0 Å². The molecule has 1 aliphatic carbocycles. The van der Waals surface area contributed by atoms with Crippen LogP contribution in [0.25, 0.3) is 0 Å². The van der Waals surface area contributed by atoms with Gasteiger partial charge in [-0.15, -0.1) is 0 Å². The minimum Gasteiger partial charge on any atom is -0.448 e. The molecule has 1 aliphatic heterocycles. The summed E-state index contributed by atoms with van der Waals surface area (Å²) in [6.07, 6.45) is -0.972. The van der Waals surface area contributed by atoms with Crippen LogP contribution in [0.15, 0.2) is 42.5 Å². The Labute approximate surface area is 147 Å². The molecule has 1 heterocycles. The summed E-state index contributed by atoms with van der Waals surface area (Å²) in [5, 5.41) is 2.50. The minimum atomic E-state index is -4.60. The zero-order valence-electron chi connectivity index (χ0n) is 13.7. The Balaban J connectivity index is 1.56. The molecule has 136 valence electrons. The highest BCUT2D eigenvalue weighted by Crippen LogP contribution is 2.47. The molecule has 4 rings (SSSR count). The summed E-state index contributed by atoms with van der Waals surface area (Å²) in [4.78, 5) is 12.3. The Morgan fingerprint density at radius 1 is 1.00 bits per heavy atom. The van der Waals surface area contributed by atoms with Crippen molar-refractivity contribution >= 4 is 11.6 Å². The van der Waals surface area contributed by atoms with Gasteiger partial charge in [0.15, 0.2) is 11.5 Å². The quantitative estimate of drug-likeness (QED) is 0.817. The highest BCUT2D eigenvalue weighted by molar-refractivity contribution is 6.05. The molecular formula is C19H16F3NO3. The van der Waals surface area contributed by atoms with E-state index in [1.54, 1.807) is 18.2 Å². The molecule has 0 radical (unpaired) electrons. The number of ether oxygens (including phenoxy) is 2.